The van der Waals surface area contributed by atoms with Crippen LogP contribution >= 0.6 is 11.6 Å². The highest BCUT2D eigenvalue weighted by molar-refractivity contribution is 6.30. The van der Waals surface area contributed by atoms with Gasteiger partial charge in [-0.15, -0.1) is 0 Å². The van der Waals surface area contributed by atoms with Crippen molar-refractivity contribution in [3.05, 3.63) is 77.6 Å². The Morgan fingerprint density at radius 3 is 2.39 bits per heavy atom. The van der Waals surface area contributed by atoms with Gasteiger partial charge in [0.05, 0.1) is 17.6 Å². The summed E-state index contributed by atoms with van der Waals surface area (Å²) in [5.74, 6) is -0.165. The molecule has 0 fully saturated rings. The quantitative estimate of drug-likeness (QED) is 0.694. The highest BCUT2D eigenvalue weighted by atomic mass is 35.5. The maximum Gasteiger partial charge on any atom is 0.433 e. The smallest absolute Gasteiger partial charge is 0.383 e. The third-order valence-corrected chi connectivity index (χ3v) is 4.07. The van der Waals surface area contributed by atoms with E-state index in [2.05, 4.69) is 20.5 Å². The number of hydrogen-bond acceptors (Lipinski definition) is 6. The fourth-order valence-corrected chi connectivity index (χ4v) is 2.60. The normalized spacial score (nSPS) is 14.0. The first kappa shape index (κ1) is 18.2. The fraction of sp³-hybridized carbons (Fsp3) is 0.0556. The van der Waals surface area contributed by atoms with Crippen LogP contribution in [-0.2, 0) is 11.0 Å². The van der Waals surface area contributed by atoms with E-state index in [0.717, 1.165) is 6.07 Å². The van der Waals surface area contributed by atoms with Gasteiger partial charge in [0.2, 0.25) is 11.6 Å². The van der Waals surface area contributed by atoms with Crippen LogP contribution in [0.4, 0.5) is 18.9 Å². The highest BCUT2D eigenvalue weighted by Crippen LogP contribution is 2.32. The largest absolute Gasteiger partial charge is 0.433 e. The molecule has 142 valence electrons. The van der Waals surface area contributed by atoms with E-state index >= 15 is 0 Å². The zero-order valence-corrected chi connectivity index (χ0v) is 14.7. The molecule has 1 aliphatic rings. The summed E-state index contributed by atoms with van der Waals surface area (Å²) < 4.78 is 40.1. The SMILES string of the molecule is FC(F)(F)c1cc(-c2ccc(Cl)cc2)nc(C2=CN(c3ccncc3)NO2)n1. The minimum Gasteiger partial charge on any atom is -0.383 e. The number of aromatic nitrogens is 3. The molecule has 0 saturated heterocycles. The van der Waals surface area contributed by atoms with Crippen molar-refractivity contribution >= 4 is 23.0 Å². The van der Waals surface area contributed by atoms with Crippen LogP contribution in [0, 0.1) is 0 Å². The Balaban J connectivity index is 1.76. The third kappa shape index (κ3) is 3.75. The van der Waals surface area contributed by atoms with Gasteiger partial charge in [-0.2, -0.15) is 13.2 Å². The Labute approximate surface area is 162 Å². The average molecular weight is 406 g/mol. The molecule has 1 N–H and O–H groups in total. The Hall–Kier alpha value is -3.17. The molecule has 0 amide bonds. The summed E-state index contributed by atoms with van der Waals surface area (Å²) in [4.78, 5) is 17.0. The van der Waals surface area contributed by atoms with Crippen molar-refractivity contribution in [1.29, 1.82) is 0 Å². The lowest BCUT2D eigenvalue weighted by molar-refractivity contribution is -0.141. The van der Waals surface area contributed by atoms with Gasteiger partial charge in [0, 0.05) is 23.0 Å². The van der Waals surface area contributed by atoms with Crippen LogP contribution in [0.1, 0.15) is 11.5 Å². The minimum atomic E-state index is -4.64. The number of halogens is 4. The van der Waals surface area contributed by atoms with Crippen LogP contribution in [0.3, 0.4) is 0 Å². The Bertz CT molecular complexity index is 1030. The second-order valence-electron chi connectivity index (χ2n) is 5.73. The highest BCUT2D eigenvalue weighted by Gasteiger charge is 2.35. The van der Waals surface area contributed by atoms with Gasteiger partial charge in [-0.3, -0.25) is 4.98 Å². The summed E-state index contributed by atoms with van der Waals surface area (Å²) in [6, 6.07) is 10.6. The number of anilines is 1. The molecular weight excluding hydrogens is 395 g/mol. The first-order valence-electron chi connectivity index (χ1n) is 7.96. The van der Waals surface area contributed by atoms with Gasteiger partial charge in [-0.25, -0.2) is 15.0 Å². The van der Waals surface area contributed by atoms with Crippen molar-refractivity contribution in [3.63, 3.8) is 0 Å². The van der Waals surface area contributed by atoms with Crippen molar-refractivity contribution in [2.45, 2.75) is 6.18 Å². The molecule has 0 spiro atoms. The third-order valence-electron chi connectivity index (χ3n) is 3.82. The molecule has 0 atom stereocenters. The number of alkyl halides is 3. The predicted molar refractivity (Wildman–Crippen MR) is 96.4 cm³/mol. The maximum atomic E-state index is 13.4. The van der Waals surface area contributed by atoms with Crippen LogP contribution in [0.15, 0.2) is 61.1 Å². The number of nitrogens with one attached hydrogen (secondary N) is 1. The van der Waals surface area contributed by atoms with Crippen LogP contribution in [0.2, 0.25) is 5.02 Å². The molecule has 0 saturated carbocycles. The average Bonchev–Trinajstić information content (AvgIpc) is 3.18. The fourth-order valence-electron chi connectivity index (χ4n) is 2.47. The first-order chi connectivity index (χ1) is 13.4. The van der Waals surface area contributed by atoms with Gasteiger partial charge < -0.3 is 4.84 Å². The van der Waals surface area contributed by atoms with Crippen molar-refractivity contribution < 1.29 is 18.0 Å². The van der Waals surface area contributed by atoms with Crippen LogP contribution in [-0.4, -0.2) is 15.0 Å². The molecule has 10 heteroatoms. The topological polar surface area (TPSA) is 63.2 Å². The standard InChI is InChI=1S/C18H11ClF3N5O/c19-12-3-1-11(2-4-12)14-9-16(18(20,21)22)25-17(24-14)15-10-27(26-28-15)13-5-7-23-8-6-13/h1-10,26H. The van der Waals surface area contributed by atoms with Crippen molar-refractivity contribution in [1.82, 2.24) is 20.5 Å². The minimum absolute atomic E-state index is 0.0399. The molecule has 4 rings (SSSR count). The lowest BCUT2D eigenvalue weighted by atomic mass is 10.1. The number of benzene rings is 1. The van der Waals surface area contributed by atoms with Crippen LogP contribution < -0.4 is 10.6 Å². The maximum absolute atomic E-state index is 13.4. The lowest BCUT2D eigenvalue weighted by Gasteiger charge is -2.12. The predicted octanol–water partition coefficient (Wildman–Crippen LogP) is 4.47. The van der Waals surface area contributed by atoms with E-state index in [0.29, 0.717) is 16.3 Å². The zero-order chi connectivity index (χ0) is 19.7. The molecule has 1 aliphatic heterocycles. The van der Waals surface area contributed by atoms with Gasteiger partial charge in [-0.05, 0) is 30.3 Å². The molecule has 3 aromatic rings. The summed E-state index contributed by atoms with van der Waals surface area (Å²) >= 11 is 5.85. The number of nitrogens with zero attached hydrogens (tertiary/aromatic N) is 4. The lowest BCUT2D eigenvalue weighted by Crippen LogP contribution is -2.26. The van der Waals surface area contributed by atoms with E-state index in [9.17, 15) is 13.2 Å². The number of hydrogen-bond donors (Lipinski definition) is 1. The Kier molecular flexibility index (Phi) is 4.62. The molecule has 28 heavy (non-hydrogen) atoms. The second-order valence-corrected chi connectivity index (χ2v) is 6.17. The number of hydrazine groups is 1. The van der Waals surface area contributed by atoms with Crippen LogP contribution in [0.5, 0.6) is 0 Å². The molecular formula is C18H11ClF3N5O. The number of rotatable bonds is 3. The first-order valence-corrected chi connectivity index (χ1v) is 8.34. The summed E-state index contributed by atoms with van der Waals surface area (Å²) in [7, 11) is 0. The molecule has 0 unspecified atom stereocenters. The van der Waals surface area contributed by atoms with E-state index < -0.39 is 11.9 Å². The van der Waals surface area contributed by atoms with Gasteiger partial charge in [-0.1, -0.05) is 29.3 Å². The van der Waals surface area contributed by atoms with Gasteiger partial charge in [0.1, 0.15) is 5.69 Å². The molecule has 2 aromatic heterocycles. The monoisotopic (exact) mass is 405 g/mol. The second kappa shape index (κ2) is 7.10. The molecule has 6 nitrogen and oxygen atoms in total. The van der Waals surface area contributed by atoms with Crippen molar-refractivity contribution in [3.8, 4) is 11.3 Å². The number of pyridine rings is 1. The zero-order valence-electron chi connectivity index (χ0n) is 14.0. The summed E-state index contributed by atoms with van der Waals surface area (Å²) in [6.45, 7) is 0. The molecule has 0 radical (unpaired) electrons. The van der Waals surface area contributed by atoms with Gasteiger partial charge in [0.25, 0.3) is 0 Å². The molecule has 1 aromatic carbocycles. The Morgan fingerprint density at radius 2 is 1.71 bits per heavy atom. The van der Waals surface area contributed by atoms with E-state index in [1.807, 2.05) is 0 Å². The van der Waals surface area contributed by atoms with E-state index in [-0.39, 0.29) is 17.3 Å². The van der Waals surface area contributed by atoms with Gasteiger partial charge >= 0.3 is 6.18 Å². The summed E-state index contributed by atoms with van der Waals surface area (Å²) in [5, 5.41) is 1.94. The summed E-state index contributed by atoms with van der Waals surface area (Å²) in [5.41, 5.74) is 2.75. The van der Waals surface area contributed by atoms with Crippen molar-refractivity contribution in [2.75, 3.05) is 5.01 Å². The molecule has 0 bridgehead atoms. The van der Waals surface area contributed by atoms with Crippen molar-refractivity contribution in [2.24, 2.45) is 0 Å². The van der Waals surface area contributed by atoms with E-state index in [4.69, 9.17) is 16.4 Å². The van der Waals surface area contributed by atoms with E-state index in [1.54, 1.807) is 48.8 Å². The molecule has 3 heterocycles. The summed E-state index contributed by atoms with van der Waals surface area (Å²) in [6.07, 6.45) is -0.0444. The van der Waals surface area contributed by atoms with E-state index in [1.165, 1.54) is 11.2 Å². The van der Waals surface area contributed by atoms with Gasteiger partial charge in [0.15, 0.2) is 0 Å². The molecule has 0 aliphatic carbocycles. The Morgan fingerprint density at radius 1 is 1.00 bits per heavy atom. The van der Waals surface area contributed by atoms with Crippen LogP contribution in [0.25, 0.3) is 17.0 Å².